The Balaban J connectivity index is 0.000000774. The summed E-state index contributed by atoms with van der Waals surface area (Å²) in [6, 6.07) is 8.55. The monoisotopic (exact) mass is 286 g/mol. The van der Waals surface area contributed by atoms with Crippen molar-refractivity contribution in [1.82, 2.24) is 4.98 Å². The van der Waals surface area contributed by atoms with E-state index in [-0.39, 0.29) is 11.4 Å². The largest absolute Gasteiger partial charge is 0.325 e. The summed E-state index contributed by atoms with van der Waals surface area (Å²) < 4.78 is 13.0. The predicted molar refractivity (Wildman–Crippen MR) is 85.7 cm³/mol. The van der Waals surface area contributed by atoms with E-state index >= 15 is 0 Å². The maximum absolute atomic E-state index is 13.0. The zero-order chi connectivity index (χ0) is 15.6. The fourth-order valence-corrected chi connectivity index (χ4v) is 2.83. The molecule has 1 aromatic heterocycles. The van der Waals surface area contributed by atoms with Crippen LogP contribution < -0.4 is 5.73 Å². The van der Waals surface area contributed by atoms with Crippen molar-refractivity contribution in [3.63, 3.8) is 0 Å². The molecule has 1 aliphatic carbocycles. The van der Waals surface area contributed by atoms with E-state index < -0.39 is 0 Å². The molecule has 0 amide bonds. The molecule has 0 saturated heterocycles. The van der Waals surface area contributed by atoms with Crippen molar-refractivity contribution in [3.05, 3.63) is 53.0 Å². The van der Waals surface area contributed by atoms with Crippen LogP contribution >= 0.6 is 0 Å². The Morgan fingerprint density at radius 2 is 1.76 bits per heavy atom. The first kappa shape index (κ1) is 15.6. The third-order valence-electron chi connectivity index (χ3n) is 3.74. The first-order valence-corrected chi connectivity index (χ1v) is 7.49. The molecule has 2 aromatic rings. The predicted octanol–water partition coefficient (Wildman–Crippen LogP) is 4.04. The van der Waals surface area contributed by atoms with E-state index in [9.17, 15) is 4.39 Å². The summed E-state index contributed by atoms with van der Waals surface area (Å²) in [5, 5.41) is 0. The number of nitrogens with zero attached hydrogens (tertiary/aromatic N) is 1. The van der Waals surface area contributed by atoms with Gasteiger partial charge in [0.25, 0.3) is 0 Å². The molecule has 3 heteroatoms. The number of benzene rings is 1. The summed E-state index contributed by atoms with van der Waals surface area (Å²) in [7, 11) is 0. The van der Waals surface area contributed by atoms with Crippen LogP contribution in [0.5, 0.6) is 0 Å². The van der Waals surface area contributed by atoms with Gasteiger partial charge in [-0.05, 0) is 68.1 Å². The lowest BCUT2D eigenvalue weighted by Crippen LogP contribution is -2.36. The smallest absolute Gasteiger partial charge is 0.123 e. The molecule has 0 fully saturated rings. The van der Waals surface area contributed by atoms with Crippen LogP contribution in [0.1, 0.15) is 37.6 Å². The molecule has 1 aromatic carbocycles. The molecule has 1 heterocycles. The average Bonchev–Trinajstić information content (AvgIpc) is 2.77. The zero-order valence-electron chi connectivity index (χ0n) is 13.2. The highest BCUT2D eigenvalue weighted by molar-refractivity contribution is 5.62. The summed E-state index contributed by atoms with van der Waals surface area (Å²) >= 11 is 0. The van der Waals surface area contributed by atoms with Crippen LogP contribution in [-0.4, -0.2) is 10.5 Å². The number of nitrogens with two attached hydrogens (primary N) is 1. The van der Waals surface area contributed by atoms with Gasteiger partial charge in [-0.25, -0.2) is 4.39 Å². The highest BCUT2D eigenvalue weighted by atomic mass is 19.1. The molecular weight excluding hydrogens is 263 g/mol. The number of rotatable bonds is 1. The van der Waals surface area contributed by atoms with Gasteiger partial charge in [0.1, 0.15) is 5.82 Å². The number of hydrogen-bond donors (Lipinski definition) is 1. The Morgan fingerprint density at radius 1 is 1.14 bits per heavy atom. The van der Waals surface area contributed by atoms with Crippen molar-refractivity contribution >= 4 is 0 Å². The van der Waals surface area contributed by atoms with Gasteiger partial charge in [-0.1, -0.05) is 13.8 Å². The highest BCUT2D eigenvalue weighted by Gasteiger charge is 2.30. The average molecular weight is 286 g/mol. The van der Waals surface area contributed by atoms with Crippen molar-refractivity contribution in [2.75, 3.05) is 0 Å². The van der Waals surface area contributed by atoms with Crippen molar-refractivity contribution in [2.24, 2.45) is 5.73 Å². The standard InChI is InChI=1S/C16H17FN2.C2H6/c1-10-14-9-16(2,18)8-12(14)7-15(19-10)11-3-5-13(17)6-4-11;1-2/h3-7H,8-9,18H2,1-2H3;1-2H3. The minimum Gasteiger partial charge on any atom is -0.325 e. The molecule has 0 radical (unpaired) electrons. The molecule has 1 atom stereocenters. The number of aryl methyl sites for hydroxylation is 1. The molecule has 1 aliphatic rings. The molecule has 0 bridgehead atoms. The maximum Gasteiger partial charge on any atom is 0.123 e. The lowest BCUT2D eigenvalue weighted by Gasteiger charge is -2.15. The molecule has 2 N–H and O–H groups in total. The lowest BCUT2D eigenvalue weighted by atomic mass is 10.0. The first-order valence-electron chi connectivity index (χ1n) is 7.49. The minimum atomic E-state index is -0.226. The molecule has 112 valence electrons. The molecular formula is C18H23FN2. The summed E-state index contributed by atoms with van der Waals surface area (Å²) in [6.45, 7) is 8.09. The van der Waals surface area contributed by atoms with Crippen LogP contribution in [0.3, 0.4) is 0 Å². The second kappa shape index (κ2) is 5.94. The quantitative estimate of drug-likeness (QED) is 0.859. The molecule has 1 unspecified atom stereocenters. The van der Waals surface area contributed by atoms with Gasteiger partial charge >= 0.3 is 0 Å². The molecule has 2 nitrogen and oxygen atoms in total. The summed E-state index contributed by atoms with van der Waals surface area (Å²) in [5.74, 6) is -0.226. The van der Waals surface area contributed by atoms with E-state index in [0.29, 0.717) is 0 Å². The Bertz CT molecular complexity index is 630. The number of halogens is 1. The van der Waals surface area contributed by atoms with Gasteiger partial charge in [0.2, 0.25) is 0 Å². The summed E-state index contributed by atoms with van der Waals surface area (Å²) in [5.41, 5.74) is 11.5. The van der Waals surface area contributed by atoms with Crippen molar-refractivity contribution in [1.29, 1.82) is 0 Å². The van der Waals surface area contributed by atoms with Gasteiger partial charge in [0, 0.05) is 16.8 Å². The Labute approximate surface area is 126 Å². The van der Waals surface area contributed by atoms with E-state index in [2.05, 4.69) is 18.0 Å². The van der Waals surface area contributed by atoms with Crippen LogP contribution in [0.25, 0.3) is 11.3 Å². The van der Waals surface area contributed by atoms with Gasteiger partial charge in [0.05, 0.1) is 5.69 Å². The van der Waals surface area contributed by atoms with Crippen LogP contribution in [0, 0.1) is 12.7 Å². The Hall–Kier alpha value is -1.74. The van der Waals surface area contributed by atoms with Gasteiger partial charge in [-0.2, -0.15) is 0 Å². The number of hydrogen-bond acceptors (Lipinski definition) is 2. The highest BCUT2D eigenvalue weighted by Crippen LogP contribution is 2.32. The maximum atomic E-state index is 13.0. The van der Waals surface area contributed by atoms with Crippen molar-refractivity contribution in [2.45, 2.75) is 46.1 Å². The normalized spacial score (nSPS) is 19.7. The fourth-order valence-electron chi connectivity index (χ4n) is 2.83. The third-order valence-corrected chi connectivity index (χ3v) is 3.74. The van der Waals surface area contributed by atoms with Gasteiger partial charge < -0.3 is 5.73 Å². The number of aromatic nitrogens is 1. The Morgan fingerprint density at radius 3 is 2.38 bits per heavy atom. The molecule has 21 heavy (non-hydrogen) atoms. The van der Waals surface area contributed by atoms with Crippen LogP contribution in [0.4, 0.5) is 4.39 Å². The van der Waals surface area contributed by atoms with E-state index in [1.54, 1.807) is 12.1 Å². The molecule has 0 spiro atoms. The fraction of sp³-hybridized carbons (Fsp3) is 0.389. The lowest BCUT2D eigenvalue weighted by molar-refractivity contribution is 0.498. The molecule has 3 rings (SSSR count). The minimum absolute atomic E-state index is 0.170. The van der Waals surface area contributed by atoms with Crippen LogP contribution in [0.15, 0.2) is 30.3 Å². The summed E-state index contributed by atoms with van der Waals surface area (Å²) in [4.78, 5) is 4.63. The summed E-state index contributed by atoms with van der Waals surface area (Å²) in [6.07, 6.45) is 1.75. The zero-order valence-corrected chi connectivity index (χ0v) is 13.2. The number of pyridine rings is 1. The second-order valence-electron chi connectivity index (χ2n) is 5.75. The second-order valence-corrected chi connectivity index (χ2v) is 5.75. The van der Waals surface area contributed by atoms with Crippen LogP contribution in [-0.2, 0) is 12.8 Å². The van der Waals surface area contributed by atoms with E-state index in [1.165, 1.54) is 23.3 Å². The number of fused-ring (bicyclic) bond motifs is 1. The first-order chi connectivity index (χ1) is 9.94. The van der Waals surface area contributed by atoms with Gasteiger partial charge in [-0.3, -0.25) is 4.98 Å². The Kier molecular flexibility index (Phi) is 4.43. The van der Waals surface area contributed by atoms with Gasteiger partial charge in [0.15, 0.2) is 0 Å². The third kappa shape index (κ3) is 3.30. The van der Waals surface area contributed by atoms with E-state index in [1.807, 2.05) is 20.8 Å². The molecule has 0 saturated carbocycles. The van der Waals surface area contributed by atoms with Crippen LogP contribution in [0.2, 0.25) is 0 Å². The van der Waals surface area contributed by atoms with Gasteiger partial charge in [-0.15, -0.1) is 0 Å². The van der Waals surface area contributed by atoms with Crippen molar-refractivity contribution in [3.8, 4) is 11.3 Å². The molecule has 0 aliphatic heterocycles. The van der Waals surface area contributed by atoms with Crippen molar-refractivity contribution < 1.29 is 4.39 Å². The van der Waals surface area contributed by atoms with E-state index in [4.69, 9.17) is 5.73 Å². The van der Waals surface area contributed by atoms with E-state index in [0.717, 1.165) is 29.8 Å². The topological polar surface area (TPSA) is 38.9 Å². The SMILES string of the molecule is CC.Cc1nc(-c2ccc(F)cc2)cc2c1CC(C)(N)C2.